The number of nitrogens with one attached hydrogen (secondary N) is 2. The van der Waals surface area contributed by atoms with E-state index in [1.807, 2.05) is 38.2 Å². The highest BCUT2D eigenvalue weighted by Crippen LogP contribution is 2.30. The molecule has 1 aromatic carbocycles. The van der Waals surface area contributed by atoms with Gasteiger partial charge >= 0.3 is 6.09 Å². The number of rotatable bonds is 7. The second-order valence-corrected chi connectivity index (χ2v) is 10.2. The van der Waals surface area contributed by atoms with E-state index in [9.17, 15) is 4.79 Å². The normalized spacial score (nSPS) is 13.6. The molecule has 176 valence electrons. The Morgan fingerprint density at radius 2 is 2.00 bits per heavy atom. The highest BCUT2D eigenvalue weighted by molar-refractivity contribution is 7.10. The number of hydrogen-bond donors (Lipinski definition) is 3. The van der Waals surface area contributed by atoms with Gasteiger partial charge in [-0.25, -0.2) is 14.8 Å². The maximum absolute atomic E-state index is 11.7. The van der Waals surface area contributed by atoms with Crippen LogP contribution in [0.4, 0.5) is 22.1 Å². The Hall–Kier alpha value is -3.07. The zero-order valence-corrected chi connectivity index (χ0v) is 20.3. The third-order valence-electron chi connectivity index (χ3n) is 5.41. The molecule has 0 radical (unpaired) electrons. The summed E-state index contributed by atoms with van der Waals surface area (Å²) in [6.45, 7) is 8.72. The molecule has 8 nitrogen and oxygen atoms in total. The molecule has 3 aromatic rings. The molecule has 0 spiro atoms. The molecule has 4 N–H and O–H groups in total. The number of anilines is 3. The molecule has 0 unspecified atom stereocenters. The Bertz CT molecular complexity index is 1120. The fraction of sp³-hybridized carbons (Fsp3) is 0.458. The Morgan fingerprint density at radius 3 is 2.82 bits per heavy atom. The molecule has 0 bridgehead atoms. The average Bonchev–Trinajstić information content (AvgIpc) is 3.22. The van der Waals surface area contributed by atoms with Gasteiger partial charge in [-0.2, -0.15) is 0 Å². The van der Waals surface area contributed by atoms with Gasteiger partial charge < -0.3 is 26.0 Å². The van der Waals surface area contributed by atoms with Gasteiger partial charge in [-0.05, 0) is 75.2 Å². The van der Waals surface area contributed by atoms with Crippen molar-refractivity contribution in [3.63, 3.8) is 0 Å². The van der Waals surface area contributed by atoms with Crippen molar-refractivity contribution in [3.05, 3.63) is 40.1 Å². The van der Waals surface area contributed by atoms with Crippen LogP contribution < -0.4 is 21.3 Å². The zero-order chi connectivity index (χ0) is 23.4. The van der Waals surface area contributed by atoms with E-state index in [1.165, 1.54) is 10.4 Å². The lowest BCUT2D eigenvalue weighted by atomic mass is 10.1. The minimum Gasteiger partial charge on any atom is -0.444 e. The van der Waals surface area contributed by atoms with E-state index in [2.05, 4.69) is 44.1 Å². The lowest BCUT2D eigenvalue weighted by molar-refractivity contribution is 0.0527. The number of benzene rings is 1. The van der Waals surface area contributed by atoms with E-state index < -0.39 is 5.60 Å². The van der Waals surface area contributed by atoms with E-state index in [0.29, 0.717) is 24.7 Å². The quantitative estimate of drug-likeness (QED) is 0.437. The number of amides is 1. The third-order valence-corrected chi connectivity index (χ3v) is 6.43. The number of nitrogen functional groups attached to an aromatic ring is 1. The number of carbonyl (C=O) groups is 1. The fourth-order valence-corrected chi connectivity index (χ4v) is 4.70. The van der Waals surface area contributed by atoms with Gasteiger partial charge in [0, 0.05) is 36.7 Å². The summed E-state index contributed by atoms with van der Waals surface area (Å²) in [6, 6.07) is 8.40. The van der Waals surface area contributed by atoms with E-state index in [0.717, 1.165) is 49.1 Å². The Kier molecular flexibility index (Phi) is 6.88. The van der Waals surface area contributed by atoms with Crippen LogP contribution in [-0.4, -0.2) is 41.3 Å². The van der Waals surface area contributed by atoms with Gasteiger partial charge in [-0.3, -0.25) is 0 Å². The molecule has 33 heavy (non-hydrogen) atoms. The molecule has 1 aliphatic heterocycles. The topological polar surface area (TPSA) is 105 Å². The molecule has 1 aliphatic rings. The first-order valence-electron chi connectivity index (χ1n) is 11.4. The molecular formula is C24H32N6O2S. The number of ether oxygens (including phenoxy) is 1. The van der Waals surface area contributed by atoms with Crippen molar-refractivity contribution in [2.24, 2.45) is 0 Å². The first-order valence-corrected chi connectivity index (χ1v) is 12.2. The highest BCUT2D eigenvalue weighted by atomic mass is 32.1. The summed E-state index contributed by atoms with van der Waals surface area (Å²) in [6.07, 6.45) is 2.36. The lowest BCUT2D eigenvalue weighted by Gasteiger charge is -2.29. The summed E-state index contributed by atoms with van der Waals surface area (Å²) in [5, 5.41) is 8.23. The predicted molar refractivity (Wildman–Crippen MR) is 135 cm³/mol. The monoisotopic (exact) mass is 468 g/mol. The van der Waals surface area contributed by atoms with Crippen LogP contribution in [0.1, 0.15) is 44.1 Å². The summed E-state index contributed by atoms with van der Waals surface area (Å²) < 4.78 is 5.23. The number of carbonyl (C=O) groups excluding carboxylic acids is 1. The van der Waals surface area contributed by atoms with Crippen molar-refractivity contribution in [2.45, 2.75) is 52.2 Å². The highest BCUT2D eigenvalue weighted by Gasteiger charge is 2.18. The van der Waals surface area contributed by atoms with Gasteiger partial charge in [-0.1, -0.05) is 0 Å². The van der Waals surface area contributed by atoms with Crippen molar-refractivity contribution in [1.82, 2.24) is 15.3 Å². The van der Waals surface area contributed by atoms with Crippen LogP contribution in [0.3, 0.4) is 0 Å². The van der Waals surface area contributed by atoms with Crippen molar-refractivity contribution >= 4 is 45.8 Å². The van der Waals surface area contributed by atoms with Crippen LogP contribution in [0, 0.1) is 0 Å². The van der Waals surface area contributed by atoms with Crippen molar-refractivity contribution in [2.75, 3.05) is 35.6 Å². The van der Waals surface area contributed by atoms with Crippen molar-refractivity contribution in [1.29, 1.82) is 0 Å². The number of thiophene rings is 1. The number of unbranched alkanes of at least 4 members (excludes halogenated alkanes) is 1. The van der Waals surface area contributed by atoms with Crippen LogP contribution in [0.2, 0.25) is 0 Å². The van der Waals surface area contributed by atoms with Gasteiger partial charge in [0.25, 0.3) is 0 Å². The van der Waals surface area contributed by atoms with Crippen LogP contribution in [0.5, 0.6) is 0 Å². The van der Waals surface area contributed by atoms with Crippen LogP contribution in [-0.2, 0) is 17.7 Å². The molecule has 0 aliphatic carbocycles. The Labute approximate surface area is 198 Å². The summed E-state index contributed by atoms with van der Waals surface area (Å²) in [5.41, 5.74) is 9.82. The molecule has 0 saturated carbocycles. The SMILES string of the molecule is CC(C)(C)OC(=O)NCCCCNc1nc2cc(N3CCc4sccc4C3)ccc2nc1N. The van der Waals surface area contributed by atoms with E-state index in [4.69, 9.17) is 15.5 Å². The predicted octanol–water partition coefficient (Wildman–Crippen LogP) is 4.55. The van der Waals surface area contributed by atoms with E-state index in [-0.39, 0.29) is 6.09 Å². The number of aromatic nitrogens is 2. The number of nitrogens with zero attached hydrogens (tertiary/aromatic N) is 3. The van der Waals surface area contributed by atoms with Gasteiger partial charge in [0.15, 0.2) is 11.6 Å². The first-order chi connectivity index (χ1) is 15.8. The van der Waals surface area contributed by atoms with E-state index in [1.54, 1.807) is 0 Å². The molecule has 1 amide bonds. The van der Waals surface area contributed by atoms with E-state index >= 15 is 0 Å². The summed E-state index contributed by atoms with van der Waals surface area (Å²) in [7, 11) is 0. The zero-order valence-electron chi connectivity index (χ0n) is 19.5. The average molecular weight is 469 g/mol. The number of fused-ring (bicyclic) bond motifs is 2. The Morgan fingerprint density at radius 1 is 1.18 bits per heavy atom. The Balaban J connectivity index is 1.32. The summed E-state index contributed by atoms with van der Waals surface area (Å²) in [5.74, 6) is 0.988. The molecule has 0 saturated heterocycles. The molecule has 4 rings (SSSR count). The second kappa shape index (κ2) is 9.82. The standard InChI is InChI=1S/C24H32N6O2S/c1-24(2,3)32-23(31)27-11-5-4-10-26-22-21(25)28-18-7-6-17(14-19(18)29-22)30-12-8-20-16(15-30)9-13-33-20/h6-7,9,13-14H,4-5,8,10-12,15H2,1-3H3,(H2,25,28)(H,26,29)(H,27,31). The summed E-state index contributed by atoms with van der Waals surface area (Å²) in [4.78, 5) is 24.8. The fourth-order valence-electron chi connectivity index (χ4n) is 3.81. The summed E-state index contributed by atoms with van der Waals surface area (Å²) >= 11 is 1.85. The lowest BCUT2D eigenvalue weighted by Crippen LogP contribution is -2.33. The van der Waals surface area contributed by atoms with Gasteiger partial charge in [-0.15, -0.1) is 11.3 Å². The number of alkyl carbamates (subject to hydrolysis) is 1. The molecular weight excluding hydrogens is 436 g/mol. The van der Waals surface area contributed by atoms with Gasteiger partial charge in [0.05, 0.1) is 11.0 Å². The van der Waals surface area contributed by atoms with Gasteiger partial charge in [0.2, 0.25) is 0 Å². The number of nitrogens with two attached hydrogens (primary N) is 1. The molecule has 0 fully saturated rings. The smallest absolute Gasteiger partial charge is 0.407 e. The largest absolute Gasteiger partial charge is 0.444 e. The van der Waals surface area contributed by atoms with Crippen LogP contribution >= 0.6 is 11.3 Å². The second-order valence-electron chi connectivity index (χ2n) is 9.23. The number of hydrogen-bond acceptors (Lipinski definition) is 8. The third kappa shape index (κ3) is 6.04. The molecule has 2 aromatic heterocycles. The van der Waals surface area contributed by atoms with Crippen molar-refractivity contribution < 1.29 is 9.53 Å². The molecule has 9 heteroatoms. The minimum absolute atomic E-state index is 0.389. The minimum atomic E-state index is -0.487. The van der Waals surface area contributed by atoms with Crippen LogP contribution in [0.25, 0.3) is 11.0 Å². The van der Waals surface area contributed by atoms with Crippen molar-refractivity contribution in [3.8, 4) is 0 Å². The molecule has 3 heterocycles. The maximum atomic E-state index is 11.7. The van der Waals surface area contributed by atoms with Crippen LogP contribution in [0.15, 0.2) is 29.6 Å². The first kappa shape index (κ1) is 23.1. The maximum Gasteiger partial charge on any atom is 0.407 e. The van der Waals surface area contributed by atoms with Gasteiger partial charge in [0.1, 0.15) is 5.60 Å². The molecule has 0 atom stereocenters.